The first-order chi connectivity index (χ1) is 8.47. The van der Waals surface area contributed by atoms with Gasteiger partial charge in [0.25, 0.3) is 0 Å². The van der Waals surface area contributed by atoms with Gasteiger partial charge < -0.3 is 9.52 Å². The van der Waals surface area contributed by atoms with Crippen LogP contribution in [0.3, 0.4) is 0 Å². The Hall–Kier alpha value is -2.64. The molecule has 0 aliphatic heterocycles. The van der Waals surface area contributed by atoms with Crippen LogP contribution in [0, 0.1) is 17.0 Å². The molecule has 0 aliphatic carbocycles. The monoisotopic (exact) mass is 251 g/mol. The summed E-state index contributed by atoms with van der Waals surface area (Å²) >= 11 is 0. The number of aromatic nitrogens is 2. The number of furan rings is 1. The van der Waals surface area contributed by atoms with Crippen LogP contribution in [0.4, 0.5) is 5.69 Å². The first-order valence-corrected chi connectivity index (χ1v) is 4.97. The van der Waals surface area contributed by atoms with Crippen molar-refractivity contribution < 1.29 is 19.2 Å². The molecular weight excluding hydrogens is 242 g/mol. The van der Waals surface area contributed by atoms with Crippen molar-refractivity contribution in [3.05, 3.63) is 45.7 Å². The largest absolute Gasteiger partial charge is 0.475 e. The van der Waals surface area contributed by atoms with Gasteiger partial charge in [-0.05, 0) is 13.0 Å². The molecule has 0 aliphatic rings. The standard InChI is InChI=1S/C10H9N3O5/c1-6-2-8(18-9(6)10(14)15)5-12-4-7(3-11-12)13(16)17/h2-4H,5H2,1H3,(H,14,15). The van der Waals surface area contributed by atoms with Crippen LogP contribution in [0.25, 0.3) is 0 Å². The fraction of sp³-hybridized carbons (Fsp3) is 0.200. The summed E-state index contributed by atoms with van der Waals surface area (Å²) < 4.78 is 6.43. The minimum absolute atomic E-state index is 0.128. The Labute approximate surface area is 101 Å². The Morgan fingerprint density at radius 2 is 2.39 bits per heavy atom. The molecule has 0 unspecified atom stereocenters. The van der Waals surface area contributed by atoms with Crippen LogP contribution in [0.1, 0.15) is 21.9 Å². The highest BCUT2D eigenvalue weighted by Crippen LogP contribution is 2.16. The first kappa shape index (κ1) is 11.8. The molecule has 0 atom stereocenters. The lowest BCUT2D eigenvalue weighted by molar-refractivity contribution is -0.385. The highest BCUT2D eigenvalue weighted by Gasteiger charge is 2.15. The number of hydrogen-bond acceptors (Lipinski definition) is 5. The number of carboxylic acid groups (broad SMARTS) is 1. The van der Waals surface area contributed by atoms with Crippen LogP contribution in [0.2, 0.25) is 0 Å². The molecule has 1 N–H and O–H groups in total. The van der Waals surface area contributed by atoms with E-state index in [4.69, 9.17) is 9.52 Å². The predicted octanol–water partition coefficient (Wildman–Crippen LogP) is 1.44. The Kier molecular flexibility index (Phi) is 2.84. The molecular formula is C10H9N3O5. The predicted molar refractivity (Wildman–Crippen MR) is 58.4 cm³/mol. The number of carboxylic acids is 1. The number of nitrogens with zero attached hydrogens (tertiary/aromatic N) is 3. The summed E-state index contributed by atoms with van der Waals surface area (Å²) in [4.78, 5) is 20.7. The van der Waals surface area contributed by atoms with Gasteiger partial charge in [-0.2, -0.15) is 5.10 Å². The van der Waals surface area contributed by atoms with E-state index in [-0.39, 0.29) is 18.0 Å². The van der Waals surface area contributed by atoms with Gasteiger partial charge in [0.1, 0.15) is 18.2 Å². The third-order valence-electron chi connectivity index (χ3n) is 2.31. The average Bonchev–Trinajstić information content (AvgIpc) is 2.86. The Morgan fingerprint density at radius 3 is 2.89 bits per heavy atom. The molecule has 2 aromatic heterocycles. The molecule has 0 fully saturated rings. The molecule has 8 nitrogen and oxygen atoms in total. The van der Waals surface area contributed by atoms with Crippen molar-refractivity contribution in [1.29, 1.82) is 0 Å². The second-order valence-electron chi connectivity index (χ2n) is 3.68. The summed E-state index contributed by atoms with van der Waals surface area (Å²) in [7, 11) is 0. The van der Waals surface area contributed by atoms with Gasteiger partial charge in [0, 0.05) is 5.56 Å². The van der Waals surface area contributed by atoms with E-state index in [1.807, 2.05) is 0 Å². The van der Waals surface area contributed by atoms with E-state index >= 15 is 0 Å². The lowest BCUT2D eigenvalue weighted by Crippen LogP contribution is -1.99. The van der Waals surface area contributed by atoms with Crippen LogP contribution in [-0.4, -0.2) is 25.8 Å². The summed E-state index contributed by atoms with van der Waals surface area (Å²) in [6, 6.07) is 1.57. The number of aromatic carboxylic acids is 1. The third-order valence-corrected chi connectivity index (χ3v) is 2.31. The molecule has 18 heavy (non-hydrogen) atoms. The molecule has 0 radical (unpaired) electrons. The van der Waals surface area contributed by atoms with Gasteiger partial charge >= 0.3 is 11.7 Å². The Bertz CT molecular complexity index is 613. The summed E-state index contributed by atoms with van der Waals surface area (Å²) in [6.45, 7) is 1.75. The van der Waals surface area contributed by atoms with Crippen molar-refractivity contribution in [3.63, 3.8) is 0 Å². The molecule has 0 aromatic carbocycles. The molecule has 8 heteroatoms. The molecule has 0 bridgehead atoms. The number of rotatable bonds is 4. The molecule has 2 aromatic rings. The minimum Gasteiger partial charge on any atom is -0.475 e. The highest BCUT2D eigenvalue weighted by atomic mass is 16.6. The van der Waals surface area contributed by atoms with Crippen LogP contribution >= 0.6 is 0 Å². The fourth-order valence-electron chi connectivity index (χ4n) is 1.53. The van der Waals surface area contributed by atoms with Crippen molar-refractivity contribution in [2.24, 2.45) is 0 Å². The molecule has 0 spiro atoms. The van der Waals surface area contributed by atoms with E-state index in [9.17, 15) is 14.9 Å². The SMILES string of the molecule is Cc1cc(Cn2cc([N+](=O)[O-])cn2)oc1C(=O)O. The van der Waals surface area contributed by atoms with E-state index < -0.39 is 10.9 Å². The van der Waals surface area contributed by atoms with E-state index in [1.54, 1.807) is 13.0 Å². The van der Waals surface area contributed by atoms with Crippen LogP contribution in [-0.2, 0) is 6.54 Å². The van der Waals surface area contributed by atoms with Gasteiger partial charge in [0.15, 0.2) is 0 Å². The Morgan fingerprint density at radius 1 is 1.67 bits per heavy atom. The lowest BCUT2D eigenvalue weighted by Gasteiger charge is -1.95. The van der Waals surface area contributed by atoms with E-state index in [0.717, 1.165) is 6.20 Å². The summed E-state index contributed by atoms with van der Waals surface area (Å²) in [5.74, 6) is -0.903. The summed E-state index contributed by atoms with van der Waals surface area (Å²) in [5.41, 5.74) is 0.371. The van der Waals surface area contributed by atoms with Gasteiger partial charge in [-0.3, -0.25) is 14.8 Å². The number of hydrogen-bond donors (Lipinski definition) is 1. The minimum atomic E-state index is -1.15. The normalized spacial score (nSPS) is 10.5. The topological polar surface area (TPSA) is 111 Å². The first-order valence-electron chi connectivity index (χ1n) is 4.97. The maximum atomic E-state index is 10.8. The van der Waals surface area contributed by atoms with Gasteiger partial charge in [-0.15, -0.1) is 0 Å². The van der Waals surface area contributed by atoms with Crippen molar-refractivity contribution in [1.82, 2.24) is 9.78 Å². The zero-order valence-electron chi connectivity index (χ0n) is 9.36. The molecule has 94 valence electrons. The lowest BCUT2D eigenvalue weighted by atomic mass is 10.2. The number of carbonyl (C=O) groups is 1. The third kappa shape index (κ3) is 2.21. The van der Waals surface area contributed by atoms with E-state index in [2.05, 4.69) is 5.10 Å². The molecule has 0 saturated heterocycles. The zero-order chi connectivity index (χ0) is 13.3. The van der Waals surface area contributed by atoms with Gasteiger partial charge in [0.05, 0.1) is 11.5 Å². The average molecular weight is 251 g/mol. The van der Waals surface area contributed by atoms with Crippen LogP contribution in [0.15, 0.2) is 22.9 Å². The zero-order valence-corrected chi connectivity index (χ0v) is 9.36. The van der Waals surface area contributed by atoms with Crippen LogP contribution < -0.4 is 0 Å². The Balaban J connectivity index is 2.20. The second kappa shape index (κ2) is 4.32. The quantitative estimate of drug-likeness (QED) is 0.650. The van der Waals surface area contributed by atoms with E-state index in [0.29, 0.717) is 11.3 Å². The van der Waals surface area contributed by atoms with Gasteiger partial charge in [0.2, 0.25) is 5.76 Å². The maximum Gasteiger partial charge on any atom is 0.372 e. The van der Waals surface area contributed by atoms with Crippen LogP contribution in [0.5, 0.6) is 0 Å². The fourth-order valence-corrected chi connectivity index (χ4v) is 1.53. The van der Waals surface area contributed by atoms with E-state index in [1.165, 1.54) is 10.9 Å². The summed E-state index contributed by atoms with van der Waals surface area (Å²) in [6.07, 6.45) is 2.37. The number of nitro groups is 1. The van der Waals surface area contributed by atoms with Crippen molar-refractivity contribution in [2.75, 3.05) is 0 Å². The smallest absolute Gasteiger partial charge is 0.372 e. The number of aryl methyl sites for hydroxylation is 1. The van der Waals surface area contributed by atoms with Gasteiger partial charge in [-0.1, -0.05) is 0 Å². The molecule has 2 heterocycles. The van der Waals surface area contributed by atoms with Crippen molar-refractivity contribution in [2.45, 2.75) is 13.5 Å². The maximum absolute atomic E-state index is 10.8. The van der Waals surface area contributed by atoms with Crippen molar-refractivity contribution >= 4 is 11.7 Å². The molecule has 2 rings (SSSR count). The van der Waals surface area contributed by atoms with Gasteiger partial charge in [-0.25, -0.2) is 4.79 Å². The molecule has 0 amide bonds. The molecule has 0 saturated carbocycles. The summed E-state index contributed by atoms with van der Waals surface area (Å²) in [5, 5.41) is 23.1. The second-order valence-corrected chi connectivity index (χ2v) is 3.68. The highest BCUT2D eigenvalue weighted by molar-refractivity contribution is 5.86. The van der Waals surface area contributed by atoms with Crippen molar-refractivity contribution in [3.8, 4) is 0 Å².